The van der Waals surface area contributed by atoms with Crippen LogP contribution in [0.4, 0.5) is 0 Å². The lowest BCUT2D eigenvalue weighted by molar-refractivity contribution is 0.0997. The lowest BCUT2D eigenvalue weighted by atomic mass is 10.0. The van der Waals surface area contributed by atoms with Crippen LogP contribution in [0.2, 0.25) is 0 Å². The zero-order valence-electron chi connectivity index (χ0n) is 8.86. The van der Waals surface area contributed by atoms with Crippen molar-refractivity contribution in [2.24, 2.45) is 5.73 Å². The second kappa shape index (κ2) is 4.79. The molecule has 0 saturated carbocycles. The number of aliphatic hydroxyl groups is 1. The third kappa shape index (κ3) is 2.95. The molecule has 82 valence electrons. The van der Waals surface area contributed by atoms with Crippen LogP contribution in [0.15, 0.2) is 18.2 Å². The Morgan fingerprint density at radius 3 is 2.73 bits per heavy atom. The molecule has 0 radical (unpaired) electrons. The molecule has 0 aliphatic heterocycles. The molecule has 0 heterocycles. The Hall–Kier alpha value is -1.55. The Bertz CT molecular complexity index is 361. The van der Waals surface area contributed by atoms with Crippen LogP contribution in [0.5, 0.6) is 5.75 Å². The Kier molecular flexibility index (Phi) is 3.68. The second-order valence-electron chi connectivity index (χ2n) is 3.45. The van der Waals surface area contributed by atoms with E-state index in [0.717, 1.165) is 5.56 Å². The van der Waals surface area contributed by atoms with E-state index >= 15 is 0 Å². The average Bonchev–Trinajstić information content (AvgIpc) is 2.16. The van der Waals surface area contributed by atoms with Gasteiger partial charge in [-0.3, -0.25) is 4.79 Å². The summed E-state index contributed by atoms with van der Waals surface area (Å²) in [5, 5.41) is 9.21. The van der Waals surface area contributed by atoms with Gasteiger partial charge < -0.3 is 15.6 Å². The number of amides is 1. The van der Waals surface area contributed by atoms with Crippen LogP contribution < -0.4 is 10.5 Å². The molecular formula is C11H15NO3. The van der Waals surface area contributed by atoms with Crippen molar-refractivity contribution in [3.8, 4) is 5.75 Å². The molecule has 1 atom stereocenters. The van der Waals surface area contributed by atoms with Gasteiger partial charge in [0.05, 0.1) is 18.8 Å². The normalized spacial score (nSPS) is 12.2. The number of benzene rings is 1. The second-order valence-corrected chi connectivity index (χ2v) is 3.45. The van der Waals surface area contributed by atoms with Crippen molar-refractivity contribution >= 4 is 5.91 Å². The molecule has 0 aromatic heterocycles. The maximum atomic E-state index is 11.1. The Morgan fingerprint density at radius 1 is 1.60 bits per heavy atom. The maximum absolute atomic E-state index is 11.1. The van der Waals surface area contributed by atoms with Crippen molar-refractivity contribution in [1.82, 2.24) is 0 Å². The van der Waals surface area contributed by atoms with E-state index in [1.807, 2.05) is 0 Å². The molecule has 0 saturated heterocycles. The molecule has 0 fully saturated rings. The van der Waals surface area contributed by atoms with E-state index in [1.165, 1.54) is 7.11 Å². The minimum Gasteiger partial charge on any atom is -0.496 e. The number of hydrogen-bond acceptors (Lipinski definition) is 3. The van der Waals surface area contributed by atoms with Gasteiger partial charge in [-0.2, -0.15) is 0 Å². The van der Waals surface area contributed by atoms with E-state index in [0.29, 0.717) is 17.7 Å². The highest BCUT2D eigenvalue weighted by Crippen LogP contribution is 2.20. The summed E-state index contributed by atoms with van der Waals surface area (Å²) >= 11 is 0. The summed E-state index contributed by atoms with van der Waals surface area (Å²) in [6, 6.07) is 5.13. The molecule has 0 bridgehead atoms. The molecule has 1 amide bonds. The Balaban J connectivity index is 3.05. The lowest BCUT2D eigenvalue weighted by Gasteiger charge is -2.09. The molecule has 1 rings (SSSR count). The van der Waals surface area contributed by atoms with Crippen molar-refractivity contribution in [1.29, 1.82) is 0 Å². The zero-order valence-corrected chi connectivity index (χ0v) is 8.86. The van der Waals surface area contributed by atoms with E-state index < -0.39 is 12.0 Å². The van der Waals surface area contributed by atoms with Crippen LogP contribution >= 0.6 is 0 Å². The van der Waals surface area contributed by atoms with E-state index in [-0.39, 0.29) is 0 Å². The fraction of sp³-hybridized carbons (Fsp3) is 0.364. The molecule has 4 nitrogen and oxygen atoms in total. The van der Waals surface area contributed by atoms with E-state index in [1.54, 1.807) is 25.1 Å². The number of carbonyl (C=O) groups excluding carboxylic acids is 1. The van der Waals surface area contributed by atoms with Gasteiger partial charge in [0, 0.05) is 0 Å². The first-order chi connectivity index (χ1) is 7.04. The van der Waals surface area contributed by atoms with Gasteiger partial charge in [-0.1, -0.05) is 6.07 Å². The predicted molar refractivity (Wildman–Crippen MR) is 56.9 cm³/mol. The van der Waals surface area contributed by atoms with E-state index in [4.69, 9.17) is 10.5 Å². The summed E-state index contributed by atoms with van der Waals surface area (Å²) in [7, 11) is 1.48. The highest BCUT2D eigenvalue weighted by Gasteiger charge is 2.10. The van der Waals surface area contributed by atoms with E-state index in [2.05, 4.69) is 0 Å². The highest BCUT2D eigenvalue weighted by molar-refractivity contribution is 5.95. The first-order valence-electron chi connectivity index (χ1n) is 4.69. The summed E-state index contributed by atoms with van der Waals surface area (Å²) in [6.07, 6.45) is 0.0451. The summed E-state index contributed by atoms with van der Waals surface area (Å²) in [5.74, 6) is -0.0730. The fourth-order valence-corrected chi connectivity index (χ4v) is 1.42. The third-order valence-electron chi connectivity index (χ3n) is 2.06. The Labute approximate surface area is 88.7 Å². The fourth-order valence-electron chi connectivity index (χ4n) is 1.42. The summed E-state index contributed by atoms with van der Waals surface area (Å²) in [6.45, 7) is 1.69. The van der Waals surface area contributed by atoms with Crippen molar-refractivity contribution in [3.05, 3.63) is 29.3 Å². The smallest absolute Gasteiger partial charge is 0.252 e. The molecule has 0 aliphatic carbocycles. The van der Waals surface area contributed by atoms with Gasteiger partial charge in [0.2, 0.25) is 0 Å². The van der Waals surface area contributed by atoms with Crippen LogP contribution in [0, 0.1) is 0 Å². The standard InChI is InChI=1S/C11H15NO3/c1-7(13)5-8-3-4-10(15-2)9(6-8)11(12)14/h3-4,6-7,13H,5H2,1-2H3,(H2,12,14). The van der Waals surface area contributed by atoms with Crippen LogP contribution in [-0.4, -0.2) is 24.2 Å². The van der Waals surface area contributed by atoms with Crippen molar-refractivity contribution in [2.45, 2.75) is 19.4 Å². The molecule has 1 aromatic rings. The number of ether oxygens (including phenoxy) is 1. The van der Waals surface area contributed by atoms with Crippen LogP contribution in [0.3, 0.4) is 0 Å². The maximum Gasteiger partial charge on any atom is 0.252 e. The van der Waals surface area contributed by atoms with Crippen LogP contribution in [0.25, 0.3) is 0 Å². The molecule has 4 heteroatoms. The number of primary amides is 1. The summed E-state index contributed by atoms with van der Waals surface area (Å²) < 4.78 is 5.00. The monoisotopic (exact) mass is 209 g/mol. The Morgan fingerprint density at radius 2 is 2.27 bits per heavy atom. The number of nitrogens with two attached hydrogens (primary N) is 1. The molecule has 1 aromatic carbocycles. The molecule has 0 spiro atoms. The largest absolute Gasteiger partial charge is 0.496 e. The average molecular weight is 209 g/mol. The van der Waals surface area contributed by atoms with Gasteiger partial charge in [0.15, 0.2) is 0 Å². The zero-order chi connectivity index (χ0) is 11.4. The van der Waals surface area contributed by atoms with Gasteiger partial charge in [-0.15, -0.1) is 0 Å². The number of rotatable bonds is 4. The number of methoxy groups -OCH3 is 1. The van der Waals surface area contributed by atoms with Gasteiger partial charge in [0.1, 0.15) is 5.75 Å². The minimum absolute atomic E-state index is 0.343. The van der Waals surface area contributed by atoms with Gasteiger partial charge in [-0.25, -0.2) is 0 Å². The molecular weight excluding hydrogens is 194 g/mol. The summed E-state index contributed by atoms with van der Waals surface area (Å²) in [4.78, 5) is 11.1. The molecule has 15 heavy (non-hydrogen) atoms. The van der Waals surface area contributed by atoms with Crippen molar-refractivity contribution in [3.63, 3.8) is 0 Å². The molecule has 3 N–H and O–H groups in total. The van der Waals surface area contributed by atoms with Gasteiger partial charge >= 0.3 is 0 Å². The number of hydrogen-bond donors (Lipinski definition) is 2. The minimum atomic E-state index is -0.528. The topological polar surface area (TPSA) is 72.6 Å². The van der Waals surface area contributed by atoms with Gasteiger partial charge in [-0.05, 0) is 31.0 Å². The lowest BCUT2D eigenvalue weighted by Crippen LogP contribution is -2.13. The third-order valence-corrected chi connectivity index (χ3v) is 2.06. The SMILES string of the molecule is COc1ccc(CC(C)O)cc1C(N)=O. The van der Waals surface area contributed by atoms with Crippen molar-refractivity contribution < 1.29 is 14.6 Å². The molecule has 0 aliphatic rings. The predicted octanol–water partition coefficient (Wildman–Crippen LogP) is 0.717. The first kappa shape index (κ1) is 11.5. The van der Waals surface area contributed by atoms with Gasteiger partial charge in [0.25, 0.3) is 5.91 Å². The van der Waals surface area contributed by atoms with Crippen molar-refractivity contribution in [2.75, 3.05) is 7.11 Å². The number of carbonyl (C=O) groups is 1. The summed E-state index contributed by atoms with van der Waals surface area (Å²) in [5.41, 5.74) is 6.41. The van der Waals surface area contributed by atoms with Crippen LogP contribution in [0.1, 0.15) is 22.8 Å². The quantitative estimate of drug-likeness (QED) is 0.767. The molecule has 1 unspecified atom stereocenters. The van der Waals surface area contributed by atoms with E-state index in [9.17, 15) is 9.90 Å². The number of aliphatic hydroxyl groups excluding tert-OH is 1. The van der Waals surface area contributed by atoms with Crippen LogP contribution in [-0.2, 0) is 6.42 Å². The highest BCUT2D eigenvalue weighted by atomic mass is 16.5. The first-order valence-corrected chi connectivity index (χ1v) is 4.69.